The van der Waals surface area contributed by atoms with E-state index in [-0.39, 0.29) is 11.9 Å². The first-order valence-electron chi connectivity index (χ1n) is 7.75. The summed E-state index contributed by atoms with van der Waals surface area (Å²) in [6, 6.07) is 7.33. The first kappa shape index (κ1) is 15.4. The van der Waals surface area contributed by atoms with Gasteiger partial charge in [-0.15, -0.1) is 0 Å². The first-order chi connectivity index (χ1) is 11.2. The summed E-state index contributed by atoms with van der Waals surface area (Å²) in [6.45, 7) is 1.65. The molecular weight excluding hydrogens is 292 g/mol. The maximum absolute atomic E-state index is 12.7. The van der Waals surface area contributed by atoms with Crippen molar-refractivity contribution in [3.8, 4) is 5.75 Å². The second kappa shape index (κ2) is 7.19. The molecule has 2 aromatic rings. The number of carbonyl (C=O) groups excluding carboxylic acids is 1. The van der Waals surface area contributed by atoms with Gasteiger partial charge in [-0.05, 0) is 42.7 Å². The lowest BCUT2D eigenvalue weighted by molar-refractivity contribution is 0.0697. The normalized spacial score (nSPS) is 17.8. The molecule has 6 heteroatoms. The summed E-state index contributed by atoms with van der Waals surface area (Å²) in [5.41, 5.74) is 7.29. The Kier molecular flexibility index (Phi) is 4.83. The number of nitrogens with two attached hydrogens (primary N) is 1. The van der Waals surface area contributed by atoms with Crippen LogP contribution in [0.25, 0.3) is 0 Å². The van der Waals surface area contributed by atoms with E-state index in [9.17, 15) is 4.79 Å². The van der Waals surface area contributed by atoms with Gasteiger partial charge in [-0.3, -0.25) is 9.78 Å². The third-order valence-corrected chi connectivity index (χ3v) is 3.86. The fourth-order valence-corrected chi connectivity index (χ4v) is 2.65. The minimum absolute atomic E-state index is 0.0394. The Hall–Kier alpha value is -2.47. The molecule has 0 bridgehead atoms. The number of amides is 1. The summed E-state index contributed by atoms with van der Waals surface area (Å²) < 4.78 is 5.79. The number of carbonyl (C=O) groups is 1. The van der Waals surface area contributed by atoms with Crippen LogP contribution in [0.5, 0.6) is 5.75 Å². The van der Waals surface area contributed by atoms with Gasteiger partial charge in [-0.25, -0.2) is 4.98 Å². The van der Waals surface area contributed by atoms with E-state index < -0.39 is 0 Å². The molecule has 6 nitrogen and oxygen atoms in total. The predicted molar refractivity (Wildman–Crippen MR) is 85.9 cm³/mol. The molecule has 1 aliphatic rings. The SMILES string of the molecule is N[C@@H]1CCCN(C(=O)c2ncccc2OCc2ccncc2)C1. The smallest absolute Gasteiger partial charge is 0.276 e. The Bertz CT molecular complexity index is 663. The molecule has 23 heavy (non-hydrogen) atoms. The zero-order chi connectivity index (χ0) is 16.1. The maximum atomic E-state index is 12.7. The van der Waals surface area contributed by atoms with E-state index in [2.05, 4.69) is 9.97 Å². The molecule has 0 aliphatic carbocycles. The minimum Gasteiger partial charge on any atom is -0.486 e. The number of piperidine rings is 1. The van der Waals surface area contributed by atoms with Crippen molar-refractivity contribution >= 4 is 5.91 Å². The van der Waals surface area contributed by atoms with Crippen LogP contribution < -0.4 is 10.5 Å². The van der Waals surface area contributed by atoms with Gasteiger partial charge in [0, 0.05) is 37.7 Å². The Balaban J connectivity index is 1.73. The number of rotatable bonds is 4. The lowest BCUT2D eigenvalue weighted by atomic mass is 10.1. The van der Waals surface area contributed by atoms with Gasteiger partial charge < -0.3 is 15.4 Å². The van der Waals surface area contributed by atoms with E-state index in [0.29, 0.717) is 31.1 Å². The van der Waals surface area contributed by atoms with Crippen LogP contribution in [0, 0.1) is 0 Å². The van der Waals surface area contributed by atoms with Crippen LogP contribution in [0.2, 0.25) is 0 Å². The van der Waals surface area contributed by atoms with E-state index in [1.165, 1.54) is 0 Å². The molecule has 1 amide bonds. The summed E-state index contributed by atoms with van der Waals surface area (Å²) in [4.78, 5) is 22.7. The van der Waals surface area contributed by atoms with Crippen LogP contribution >= 0.6 is 0 Å². The monoisotopic (exact) mass is 312 g/mol. The molecule has 3 heterocycles. The Morgan fingerprint density at radius 1 is 1.30 bits per heavy atom. The standard InChI is InChI=1S/C17H20N4O2/c18-14-3-2-10-21(11-14)17(22)16-15(4-1-7-20-16)23-12-13-5-8-19-9-6-13/h1,4-9,14H,2-3,10-12,18H2/t14-/m1/s1. The highest BCUT2D eigenvalue weighted by atomic mass is 16.5. The Labute approximate surface area is 135 Å². The van der Waals surface area contributed by atoms with Crippen molar-refractivity contribution in [2.45, 2.75) is 25.5 Å². The van der Waals surface area contributed by atoms with Gasteiger partial charge in [-0.1, -0.05) is 0 Å². The van der Waals surface area contributed by atoms with Gasteiger partial charge in [0.2, 0.25) is 0 Å². The zero-order valence-electron chi connectivity index (χ0n) is 12.9. The summed E-state index contributed by atoms with van der Waals surface area (Å²) in [5.74, 6) is 0.374. The molecule has 0 unspecified atom stereocenters. The van der Waals surface area contributed by atoms with Gasteiger partial charge >= 0.3 is 0 Å². The zero-order valence-corrected chi connectivity index (χ0v) is 12.9. The van der Waals surface area contributed by atoms with Gasteiger partial charge in [-0.2, -0.15) is 0 Å². The minimum atomic E-state index is -0.120. The van der Waals surface area contributed by atoms with Crippen molar-refractivity contribution in [1.29, 1.82) is 0 Å². The maximum Gasteiger partial charge on any atom is 0.276 e. The molecule has 2 N–H and O–H groups in total. The highest BCUT2D eigenvalue weighted by molar-refractivity contribution is 5.95. The highest BCUT2D eigenvalue weighted by Gasteiger charge is 2.25. The predicted octanol–water partition coefficient (Wildman–Crippen LogP) is 1.62. The van der Waals surface area contributed by atoms with Crippen molar-refractivity contribution in [2.75, 3.05) is 13.1 Å². The summed E-state index contributed by atoms with van der Waals surface area (Å²) in [5, 5.41) is 0. The molecule has 0 saturated carbocycles. The fourth-order valence-electron chi connectivity index (χ4n) is 2.65. The van der Waals surface area contributed by atoms with E-state index in [1.807, 2.05) is 12.1 Å². The fraction of sp³-hybridized carbons (Fsp3) is 0.353. The Morgan fingerprint density at radius 2 is 2.13 bits per heavy atom. The van der Waals surface area contributed by atoms with E-state index in [4.69, 9.17) is 10.5 Å². The highest BCUT2D eigenvalue weighted by Crippen LogP contribution is 2.20. The quantitative estimate of drug-likeness (QED) is 0.928. The van der Waals surface area contributed by atoms with Crippen LogP contribution in [-0.4, -0.2) is 39.9 Å². The second-order valence-corrected chi connectivity index (χ2v) is 5.65. The Morgan fingerprint density at radius 3 is 2.91 bits per heavy atom. The average Bonchev–Trinajstić information content (AvgIpc) is 2.60. The van der Waals surface area contributed by atoms with Crippen LogP contribution in [0.1, 0.15) is 28.9 Å². The van der Waals surface area contributed by atoms with Gasteiger partial charge in [0.15, 0.2) is 11.4 Å². The van der Waals surface area contributed by atoms with Crippen molar-refractivity contribution < 1.29 is 9.53 Å². The number of ether oxygens (including phenoxy) is 1. The van der Waals surface area contributed by atoms with E-state index in [0.717, 1.165) is 18.4 Å². The molecule has 1 fully saturated rings. The number of pyridine rings is 2. The number of nitrogens with zero attached hydrogens (tertiary/aromatic N) is 3. The molecule has 0 radical (unpaired) electrons. The third kappa shape index (κ3) is 3.84. The molecule has 3 rings (SSSR count). The van der Waals surface area contributed by atoms with Crippen molar-refractivity contribution in [1.82, 2.24) is 14.9 Å². The van der Waals surface area contributed by atoms with Gasteiger partial charge in [0.1, 0.15) is 6.61 Å². The summed E-state index contributed by atoms with van der Waals surface area (Å²) in [6.07, 6.45) is 6.91. The third-order valence-electron chi connectivity index (χ3n) is 3.86. The molecule has 2 aromatic heterocycles. The lowest BCUT2D eigenvalue weighted by Crippen LogP contribution is -2.46. The number of likely N-dealkylation sites (tertiary alicyclic amines) is 1. The largest absolute Gasteiger partial charge is 0.486 e. The van der Waals surface area contributed by atoms with Crippen molar-refractivity contribution in [3.05, 3.63) is 54.1 Å². The van der Waals surface area contributed by atoms with Crippen LogP contribution in [0.3, 0.4) is 0 Å². The van der Waals surface area contributed by atoms with Crippen molar-refractivity contribution in [3.63, 3.8) is 0 Å². The van der Waals surface area contributed by atoms with Crippen molar-refractivity contribution in [2.24, 2.45) is 5.73 Å². The van der Waals surface area contributed by atoms with Crippen LogP contribution in [0.4, 0.5) is 0 Å². The van der Waals surface area contributed by atoms with Crippen LogP contribution in [0.15, 0.2) is 42.9 Å². The first-order valence-corrected chi connectivity index (χ1v) is 7.75. The second-order valence-electron chi connectivity index (χ2n) is 5.65. The van der Waals surface area contributed by atoms with Gasteiger partial charge in [0.25, 0.3) is 5.91 Å². The molecule has 0 spiro atoms. The molecule has 120 valence electrons. The average molecular weight is 312 g/mol. The molecule has 1 aliphatic heterocycles. The van der Waals surface area contributed by atoms with Crippen LogP contribution in [-0.2, 0) is 6.61 Å². The van der Waals surface area contributed by atoms with E-state index >= 15 is 0 Å². The number of aromatic nitrogens is 2. The lowest BCUT2D eigenvalue weighted by Gasteiger charge is -2.30. The molecule has 0 aromatic carbocycles. The van der Waals surface area contributed by atoms with E-state index in [1.54, 1.807) is 35.6 Å². The molecule has 1 saturated heterocycles. The summed E-state index contributed by atoms with van der Waals surface area (Å²) >= 11 is 0. The summed E-state index contributed by atoms with van der Waals surface area (Å²) in [7, 11) is 0. The number of hydrogen-bond donors (Lipinski definition) is 1. The topological polar surface area (TPSA) is 81.3 Å². The van der Waals surface area contributed by atoms with Gasteiger partial charge in [0.05, 0.1) is 0 Å². The number of hydrogen-bond acceptors (Lipinski definition) is 5. The molecular formula is C17H20N4O2. The molecule has 1 atom stereocenters.